The predicted octanol–water partition coefficient (Wildman–Crippen LogP) is 3.27. The Balaban J connectivity index is 1.69. The van der Waals surface area contributed by atoms with Gasteiger partial charge in [0.25, 0.3) is 0 Å². The van der Waals surface area contributed by atoms with Gasteiger partial charge in [0, 0.05) is 20.1 Å². The summed E-state index contributed by atoms with van der Waals surface area (Å²) >= 11 is 0. The molecule has 1 heterocycles. The smallest absolute Gasteiger partial charge is 0.358 e. The first-order valence-corrected chi connectivity index (χ1v) is 9.77. The molecule has 0 bridgehead atoms. The van der Waals surface area contributed by atoms with E-state index in [2.05, 4.69) is 10.6 Å². The molecule has 5 nitrogen and oxygen atoms in total. The summed E-state index contributed by atoms with van der Waals surface area (Å²) in [4.78, 5) is 27.3. The number of likely N-dealkylation sites (tertiary alicyclic amines) is 1. The summed E-state index contributed by atoms with van der Waals surface area (Å²) in [7, 11) is 1.56. The van der Waals surface area contributed by atoms with Gasteiger partial charge in [0.2, 0.25) is 11.8 Å². The molecule has 1 aliphatic rings. The zero-order valence-corrected chi connectivity index (χ0v) is 16.6. The van der Waals surface area contributed by atoms with Crippen molar-refractivity contribution in [1.29, 1.82) is 0 Å². The molecule has 3 rings (SSSR count). The number of benzene rings is 2. The molecule has 0 radical (unpaired) electrons. The van der Waals surface area contributed by atoms with E-state index >= 15 is 0 Å². The first-order valence-electron chi connectivity index (χ1n) is 9.77. The second-order valence-corrected chi connectivity index (χ2v) is 7.24. The molecule has 8 heteroatoms. The van der Waals surface area contributed by atoms with Crippen LogP contribution >= 0.6 is 0 Å². The number of likely N-dealkylation sites (N-methyl/N-ethyl adjacent to an activating group) is 1. The number of carbonyl (C=O) groups is 2. The van der Waals surface area contributed by atoms with Gasteiger partial charge in [-0.1, -0.05) is 42.5 Å². The van der Waals surface area contributed by atoms with E-state index in [9.17, 15) is 22.8 Å². The van der Waals surface area contributed by atoms with Gasteiger partial charge in [-0.2, -0.15) is 13.2 Å². The van der Waals surface area contributed by atoms with Crippen LogP contribution in [0.1, 0.15) is 35.6 Å². The lowest BCUT2D eigenvalue weighted by molar-refractivity contribution is -0.137. The van der Waals surface area contributed by atoms with Crippen LogP contribution in [0.4, 0.5) is 13.2 Å². The van der Waals surface area contributed by atoms with Crippen LogP contribution in [0.2, 0.25) is 0 Å². The highest BCUT2D eigenvalue weighted by Gasteiger charge is 2.39. The van der Waals surface area contributed by atoms with E-state index < -0.39 is 23.8 Å². The Labute approximate surface area is 173 Å². The highest BCUT2D eigenvalue weighted by Crippen LogP contribution is 2.31. The summed E-state index contributed by atoms with van der Waals surface area (Å²) < 4.78 is 38.0. The molecule has 2 aromatic carbocycles. The van der Waals surface area contributed by atoms with E-state index in [1.807, 2.05) is 35.2 Å². The van der Waals surface area contributed by atoms with Gasteiger partial charge in [-0.15, -0.1) is 0 Å². The van der Waals surface area contributed by atoms with Gasteiger partial charge in [-0.05, 0) is 36.1 Å². The Kier molecular flexibility index (Phi) is 6.77. The van der Waals surface area contributed by atoms with Crippen molar-refractivity contribution in [3.05, 3.63) is 71.3 Å². The molecule has 0 aliphatic carbocycles. The second-order valence-electron chi connectivity index (χ2n) is 7.24. The van der Waals surface area contributed by atoms with Crippen LogP contribution in [0.15, 0.2) is 54.6 Å². The molecule has 2 amide bonds. The van der Waals surface area contributed by atoms with Crippen molar-refractivity contribution < 1.29 is 22.8 Å². The van der Waals surface area contributed by atoms with Crippen molar-refractivity contribution in [3.63, 3.8) is 0 Å². The third-order valence-corrected chi connectivity index (χ3v) is 5.29. The van der Waals surface area contributed by atoms with Gasteiger partial charge < -0.3 is 10.6 Å². The maximum atomic E-state index is 12.8. The Bertz CT molecular complexity index is 869. The molecule has 0 spiro atoms. The van der Waals surface area contributed by atoms with Crippen molar-refractivity contribution in [2.75, 3.05) is 13.6 Å². The lowest BCUT2D eigenvalue weighted by Crippen LogP contribution is -2.48. The van der Waals surface area contributed by atoms with Gasteiger partial charge in [-0.25, -0.2) is 0 Å². The fourth-order valence-corrected chi connectivity index (χ4v) is 3.76. The van der Waals surface area contributed by atoms with Crippen LogP contribution in [0.3, 0.4) is 0 Å². The first-order chi connectivity index (χ1) is 14.3. The number of amides is 2. The normalized spacial score (nSPS) is 18.1. The minimum Gasteiger partial charge on any atom is -0.358 e. The van der Waals surface area contributed by atoms with Gasteiger partial charge in [0.15, 0.2) is 0 Å². The van der Waals surface area contributed by atoms with Gasteiger partial charge in [-0.3, -0.25) is 14.5 Å². The quantitative estimate of drug-likeness (QED) is 0.756. The summed E-state index contributed by atoms with van der Waals surface area (Å²) in [6.07, 6.45) is -3.00. The summed E-state index contributed by atoms with van der Waals surface area (Å²) in [6, 6.07) is 12.9. The number of rotatable bonds is 6. The molecular weight excluding hydrogens is 395 g/mol. The fourth-order valence-electron chi connectivity index (χ4n) is 3.76. The van der Waals surface area contributed by atoms with E-state index in [0.717, 1.165) is 24.1 Å². The summed E-state index contributed by atoms with van der Waals surface area (Å²) in [5.74, 6) is -0.430. The third-order valence-electron chi connectivity index (χ3n) is 5.29. The van der Waals surface area contributed by atoms with Gasteiger partial charge >= 0.3 is 6.18 Å². The Morgan fingerprint density at radius 1 is 1.10 bits per heavy atom. The average molecular weight is 419 g/mol. The molecule has 2 aromatic rings. The lowest BCUT2D eigenvalue weighted by atomic mass is 10.0. The largest absolute Gasteiger partial charge is 0.416 e. The summed E-state index contributed by atoms with van der Waals surface area (Å²) in [5, 5.41) is 5.47. The molecule has 1 saturated heterocycles. The van der Waals surface area contributed by atoms with Crippen LogP contribution in [0.5, 0.6) is 0 Å². The molecular formula is C22H24F3N3O2. The maximum Gasteiger partial charge on any atom is 0.416 e. The van der Waals surface area contributed by atoms with Crippen molar-refractivity contribution in [2.45, 2.75) is 37.6 Å². The maximum absolute atomic E-state index is 12.8. The Morgan fingerprint density at radius 2 is 1.77 bits per heavy atom. The number of carbonyl (C=O) groups excluding carboxylic acids is 2. The topological polar surface area (TPSA) is 61.4 Å². The first kappa shape index (κ1) is 21.8. The lowest BCUT2D eigenvalue weighted by Gasteiger charge is -2.31. The SMILES string of the molecule is CNC(=O)[C@@H](c1ccccc1)N1CCC[C@H]1C(=O)NCc1ccc(C(F)(F)F)cc1. The van der Waals surface area contributed by atoms with Crippen molar-refractivity contribution >= 4 is 11.8 Å². The van der Waals surface area contributed by atoms with Crippen LogP contribution in [0.25, 0.3) is 0 Å². The third kappa shape index (κ3) is 4.99. The van der Waals surface area contributed by atoms with Gasteiger partial charge in [0.05, 0.1) is 11.6 Å². The van der Waals surface area contributed by atoms with Crippen LogP contribution in [-0.2, 0) is 22.3 Å². The Morgan fingerprint density at radius 3 is 2.37 bits per heavy atom. The summed E-state index contributed by atoms with van der Waals surface area (Å²) in [6.45, 7) is 0.725. The molecule has 2 atom stereocenters. The standard InChI is InChI=1S/C22H24F3N3O2/c1-26-21(30)19(16-6-3-2-4-7-16)28-13-5-8-18(28)20(29)27-14-15-9-11-17(12-10-15)22(23,24)25/h2-4,6-7,9-12,18-19H,5,8,13-14H2,1H3,(H,26,30)(H,27,29)/t18-,19+/m0/s1. The molecule has 2 N–H and O–H groups in total. The Hall–Kier alpha value is -2.87. The van der Waals surface area contributed by atoms with E-state index in [1.165, 1.54) is 12.1 Å². The number of hydrogen-bond acceptors (Lipinski definition) is 3. The second kappa shape index (κ2) is 9.30. The van der Waals surface area contributed by atoms with E-state index in [0.29, 0.717) is 18.5 Å². The van der Waals surface area contributed by atoms with Crippen LogP contribution in [-0.4, -0.2) is 36.3 Å². The predicted molar refractivity (Wildman–Crippen MR) is 106 cm³/mol. The van der Waals surface area contributed by atoms with Crippen LogP contribution in [0, 0.1) is 0 Å². The number of halogens is 3. The molecule has 0 saturated carbocycles. The fraction of sp³-hybridized carbons (Fsp3) is 0.364. The molecule has 1 aliphatic heterocycles. The van der Waals surface area contributed by atoms with Crippen LogP contribution < -0.4 is 10.6 Å². The average Bonchev–Trinajstić information content (AvgIpc) is 3.22. The number of nitrogens with zero attached hydrogens (tertiary/aromatic N) is 1. The zero-order chi connectivity index (χ0) is 21.7. The number of hydrogen-bond donors (Lipinski definition) is 2. The highest BCUT2D eigenvalue weighted by atomic mass is 19.4. The monoisotopic (exact) mass is 419 g/mol. The van der Waals surface area contributed by atoms with E-state index in [1.54, 1.807) is 7.05 Å². The minimum absolute atomic E-state index is 0.122. The zero-order valence-electron chi connectivity index (χ0n) is 16.6. The minimum atomic E-state index is -4.39. The molecule has 0 aromatic heterocycles. The molecule has 30 heavy (non-hydrogen) atoms. The van der Waals surface area contributed by atoms with Crippen molar-refractivity contribution in [2.24, 2.45) is 0 Å². The van der Waals surface area contributed by atoms with Crippen molar-refractivity contribution in [1.82, 2.24) is 15.5 Å². The van der Waals surface area contributed by atoms with E-state index in [4.69, 9.17) is 0 Å². The molecule has 0 unspecified atom stereocenters. The number of nitrogens with one attached hydrogen (secondary N) is 2. The molecule has 1 fully saturated rings. The number of alkyl halides is 3. The van der Waals surface area contributed by atoms with Crippen molar-refractivity contribution in [3.8, 4) is 0 Å². The van der Waals surface area contributed by atoms with E-state index in [-0.39, 0.29) is 18.4 Å². The molecule has 160 valence electrons. The summed E-state index contributed by atoms with van der Waals surface area (Å²) in [5.41, 5.74) is 0.655. The highest BCUT2D eigenvalue weighted by molar-refractivity contribution is 5.86. The van der Waals surface area contributed by atoms with Gasteiger partial charge in [0.1, 0.15) is 6.04 Å².